The Morgan fingerprint density at radius 2 is 2.21 bits per heavy atom. The lowest BCUT2D eigenvalue weighted by Gasteiger charge is -2.10. The second-order valence-corrected chi connectivity index (χ2v) is 3.78. The van der Waals surface area contributed by atoms with Gasteiger partial charge in [-0.2, -0.15) is 0 Å². The lowest BCUT2D eigenvalue weighted by molar-refractivity contribution is 0.111. The van der Waals surface area contributed by atoms with Gasteiger partial charge in [-0.15, -0.1) is 0 Å². The van der Waals surface area contributed by atoms with Gasteiger partial charge in [-0.1, -0.05) is 13.8 Å². The van der Waals surface area contributed by atoms with E-state index in [-0.39, 0.29) is 0 Å². The molecule has 0 saturated heterocycles. The largest absolute Gasteiger partial charge is 0.383 e. The van der Waals surface area contributed by atoms with Crippen LogP contribution in [-0.2, 0) is 0 Å². The summed E-state index contributed by atoms with van der Waals surface area (Å²) in [6.07, 6.45) is 0.787. The molecule has 3 nitrogen and oxygen atoms in total. The molecule has 76 valence electrons. The van der Waals surface area contributed by atoms with Crippen LogP contribution in [0.1, 0.15) is 30.0 Å². The van der Waals surface area contributed by atoms with Crippen molar-refractivity contribution < 1.29 is 4.79 Å². The maximum Gasteiger partial charge on any atom is 0.170 e. The molecule has 0 aliphatic carbocycles. The molecule has 0 radical (unpaired) electrons. The highest BCUT2D eigenvalue weighted by Gasteiger charge is 2.03. The summed E-state index contributed by atoms with van der Waals surface area (Å²) < 4.78 is 0. The molecule has 1 rings (SSSR count). The first-order chi connectivity index (χ1) is 6.63. The number of aromatic nitrogens is 1. The number of anilines is 1. The van der Waals surface area contributed by atoms with E-state index in [1.54, 1.807) is 0 Å². The molecule has 0 unspecified atom stereocenters. The van der Waals surface area contributed by atoms with Crippen LogP contribution in [0.2, 0.25) is 0 Å². The topological polar surface area (TPSA) is 42.0 Å². The Morgan fingerprint density at radius 1 is 1.50 bits per heavy atom. The Balaban J connectivity index is 2.80. The second kappa shape index (κ2) is 4.74. The van der Waals surface area contributed by atoms with E-state index >= 15 is 0 Å². The third-order valence-corrected chi connectivity index (χ3v) is 1.88. The molecule has 1 N–H and O–H groups in total. The smallest absolute Gasteiger partial charge is 0.170 e. The van der Waals surface area contributed by atoms with Crippen LogP contribution in [0.3, 0.4) is 0 Å². The zero-order chi connectivity index (χ0) is 10.6. The number of nitrogens with zero attached hydrogens (tertiary/aromatic N) is 1. The van der Waals surface area contributed by atoms with Gasteiger partial charge in [-0.25, -0.2) is 4.98 Å². The standard InChI is InChI=1S/C11H16N2O/c1-8(2)6-12-10-5-4-9(3)13-11(10)7-14/h4-5,7-8,12H,6H2,1-3H3. The number of pyridine rings is 1. The van der Waals surface area contributed by atoms with Crippen LogP contribution in [0.5, 0.6) is 0 Å². The predicted molar refractivity (Wildman–Crippen MR) is 57.7 cm³/mol. The Hall–Kier alpha value is -1.38. The SMILES string of the molecule is Cc1ccc(NCC(C)C)c(C=O)n1. The lowest BCUT2D eigenvalue weighted by atomic mass is 10.2. The third-order valence-electron chi connectivity index (χ3n) is 1.88. The first-order valence-electron chi connectivity index (χ1n) is 4.80. The van der Waals surface area contributed by atoms with Crippen molar-refractivity contribution in [1.82, 2.24) is 4.98 Å². The van der Waals surface area contributed by atoms with Gasteiger partial charge in [0.25, 0.3) is 0 Å². The normalized spacial score (nSPS) is 10.3. The van der Waals surface area contributed by atoms with Crippen molar-refractivity contribution in [3.05, 3.63) is 23.5 Å². The fourth-order valence-electron chi connectivity index (χ4n) is 1.13. The summed E-state index contributed by atoms with van der Waals surface area (Å²) in [6, 6.07) is 3.80. The van der Waals surface area contributed by atoms with E-state index in [4.69, 9.17) is 0 Å². The van der Waals surface area contributed by atoms with Crippen molar-refractivity contribution in [3.63, 3.8) is 0 Å². The number of aldehydes is 1. The van der Waals surface area contributed by atoms with Crippen LogP contribution >= 0.6 is 0 Å². The number of nitrogens with one attached hydrogen (secondary N) is 1. The van der Waals surface area contributed by atoms with Crippen LogP contribution in [-0.4, -0.2) is 17.8 Å². The summed E-state index contributed by atoms with van der Waals surface area (Å²) in [7, 11) is 0. The van der Waals surface area contributed by atoms with Gasteiger partial charge in [-0.05, 0) is 25.0 Å². The van der Waals surface area contributed by atoms with Gasteiger partial charge >= 0.3 is 0 Å². The molecule has 0 amide bonds. The van der Waals surface area contributed by atoms with Gasteiger partial charge in [0, 0.05) is 12.2 Å². The average Bonchev–Trinajstić information content (AvgIpc) is 2.15. The van der Waals surface area contributed by atoms with Gasteiger partial charge in [0.2, 0.25) is 0 Å². The molecule has 0 atom stereocenters. The molecule has 14 heavy (non-hydrogen) atoms. The van der Waals surface area contributed by atoms with Crippen LogP contribution in [0.4, 0.5) is 5.69 Å². The summed E-state index contributed by atoms with van der Waals surface area (Å²) in [5, 5.41) is 3.20. The Bertz CT molecular complexity index is 321. The average molecular weight is 192 g/mol. The summed E-state index contributed by atoms with van der Waals surface area (Å²) >= 11 is 0. The van der Waals surface area contributed by atoms with Crippen LogP contribution in [0, 0.1) is 12.8 Å². The Morgan fingerprint density at radius 3 is 2.79 bits per heavy atom. The fraction of sp³-hybridized carbons (Fsp3) is 0.455. The van der Waals surface area contributed by atoms with Gasteiger partial charge in [-0.3, -0.25) is 4.79 Å². The molecule has 0 fully saturated rings. The Kier molecular flexibility index (Phi) is 3.63. The van der Waals surface area contributed by atoms with Crippen molar-refractivity contribution in [3.8, 4) is 0 Å². The van der Waals surface area contributed by atoms with Gasteiger partial charge in [0.1, 0.15) is 5.69 Å². The maximum atomic E-state index is 10.7. The van der Waals surface area contributed by atoms with Gasteiger partial charge < -0.3 is 5.32 Å². The number of aryl methyl sites for hydroxylation is 1. The summed E-state index contributed by atoms with van der Waals surface area (Å²) in [5.74, 6) is 0.552. The zero-order valence-corrected chi connectivity index (χ0v) is 8.87. The third kappa shape index (κ3) is 2.83. The summed E-state index contributed by atoms with van der Waals surface area (Å²) in [5.41, 5.74) is 2.17. The van der Waals surface area contributed by atoms with Crippen molar-refractivity contribution in [2.75, 3.05) is 11.9 Å². The molecular weight excluding hydrogens is 176 g/mol. The van der Waals surface area contributed by atoms with Crippen molar-refractivity contribution in [2.45, 2.75) is 20.8 Å². The molecule has 0 aromatic carbocycles. The minimum atomic E-state index is 0.491. The van der Waals surface area contributed by atoms with Crippen molar-refractivity contribution in [1.29, 1.82) is 0 Å². The molecule has 1 heterocycles. The lowest BCUT2D eigenvalue weighted by Crippen LogP contribution is -2.10. The van der Waals surface area contributed by atoms with E-state index < -0.39 is 0 Å². The summed E-state index contributed by atoms with van der Waals surface area (Å²) in [6.45, 7) is 6.97. The zero-order valence-electron chi connectivity index (χ0n) is 8.87. The molecule has 0 aliphatic heterocycles. The van der Waals surface area contributed by atoms with E-state index in [0.29, 0.717) is 11.6 Å². The number of rotatable bonds is 4. The molecule has 0 aliphatic rings. The van der Waals surface area contributed by atoms with Crippen LogP contribution in [0.15, 0.2) is 12.1 Å². The van der Waals surface area contributed by atoms with E-state index in [2.05, 4.69) is 24.1 Å². The molecule has 0 saturated carbocycles. The molecule has 0 bridgehead atoms. The molecule has 1 aromatic heterocycles. The first-order valence-corrected chi connectivity index (χ1v) is 4.80. The van der Waals surface area contributed by atoms with Gasteiger partial charge in [0.05, 0.1) is 5.69 Å². The maximum absolute atomic E-state index is 10.7. The highest BCUT2D eigenvalue weighted by atomic mass is 16.1. The highest BCUT2D eigenvalue weighted by Crippen LogP contribution is 2.12. The first kappa shape index (κ1) is 10.7. The van der Waals surface area contributed by atoms with Crippen molar-refractivity contribution in [2.24, 2.45) is 5.92 Å². The molecule has 0 spiro atoms. The fourth-order valence-corrected chi connectivity index (χ4v) is 1.13. The van der Waals surface area contributed by atoms with Gasteiger partial charge in [0.15, 0.2) is 6.29 Å². The minimum Gasteiger partial charge on any atom is -0.383 e. The van der Waals surface area contributed by atoms with Crippen molar-refractivity contribution >= 4 is 12.0 Å². The number of hydrogen-bond donors (Lipinski definition) is 1. The monoisotopic (exact) mass is 192 g/mol. The Labute approximate surface area is 84.6 Å². The highest BCUT2D eigenvalue weighted by molar-refractivity contribution is 5.81. The molecular formula is C11H16N2O. The summed E-state index contributed by atoms with van der Waals surface area (Å²) in [4.78, 5) is 14.9. The van der Waals surface area contributed by atoms with E-state index in [0.717, 1.165) is 24.2 Å². The predicted octanol–water partition coefficient (Wildman–Crippen LogP) is 2.27. The molecule has 1 aromatic rings. The number of carbonyl (C=O) groups is 1. The molecule has 3 heteroatoms. The van der Waals surface area contributed by atoms with E-state index in [1.807, 2.05) is 19.1 Å². The van der Waals surface area contributed by atoms with E-state index in [1.165, 1.54) is 0 Å². The number of carbonyl (C=O) groups excluding carboxylic acids is 1. The second-order valence-electron chi connectivity index (χ2n) is 3.78. The van der Waals surface area contributed by atoms with Crippen LogP contribution in [0.25, 0.3) is 0 Å². The van der Waals surface area contributed by atoms with Crippen LogP contribution < -0.4 is 5.32 Å². The number of hydrogen-bond acceptors (Lipinski definition) is 3. The minimum absolute atomic E-state index is 0.491. The quantitative estimate of drug-likeness (QED) is 0.744. The van der Waals surface area contributed by atoms with E-state index in [9.17, 15) is 4.79 Å².